The Morgan fingerprint density at radius 1 is 0.324 bits per heavy atom. The van der Waals surface area contributed by atoms with Crippen LogP contribution in [0.15, 0.2) is 0 Å². The van der Waals surface area contributed by atoms with E-state index in [2.05, 4.69) is 26.6 Å². The number of rotatable bonds is 49. The summed E-state index contributed by atoms with van der Waals surface area (Å²) in [6, 6.07) is 0. The van der Waals surface area contributed by atoms with Crippen molar-refractivity contribution in [3.63, 3.8) is 0 Å². The molecule has 0 saturated carbocycles. The summed E-state index contributed by atoms with van der Waals surface area (Å²) in [6.45, 7) is 6.25. The van der Waals surface area contributed by atoms with Crippen LogP contribution in [0, 0.1) is 10.8 Å². The molecular weight excluding hydrogens is 1310 g/mol. The molecule has 0 aromatic rings. The van der Waals surface area contributed by atoms with Crippen LogP contribution in [0.1, 0.15) is 116 Å². The molecule has 7 amide bonds. The average Bonchev–Trinajstić information content (AvgIpc) is 3.37. The van der Waals surface area contributed by atoms with Gasteiger partial charge in [-0.25, -0.2) is 0 Å². The molecule has 0 bridgehead atoms. The first-order chi connectivity index (χ1) is 34.6. The van der Waals surface area contributed by atoms with Crippen LogP contribution in [0.25, 0.3) is 11.5 Å². The summed E-state index contributed by atoms with van der Waals surface area (Å²) in [6.07, 6.45) is 8.28. The van der Waals surface area contributed by atoms with E-state index in [9.17, 15) is 38.4 Å². The van der Waals surface area contributed by atoms with Gasteiger partial charge in [0.25, 0.3) is 0 Å². The van der Waals surface area contributed by atoms with Crippen LogP contribution in [0.4, 0.5) is 0 Å². The van der Waals surface area contributed by atoms with Crippen molar-refractivity contribution in [1.29, 1.82) is 0 Å². The van der Waals surface area contributed by atoms with Gasteiger partial charge in [0.1, 0.15) is 5.78 Å². The third-order valence-corrected chi connectivity index (χ3v) is 10.8. The second-order valence-electron chi connectivity index (χ2n) is 17.4. The van der Waals surface area contributed by atoms with Crippen LogP contribution >= 0.6 is 0 Å². The fourth-order valence-corrected chi connectivity index (χ4v) is 6.25. The summed E-state index contributed by atoms with van der Waals surface area (Å²) in [5, 5.41) is 12.9. The Morgan fingerprint density at radius 3 is 0.811 bits per heavy atom. The van der Waals surface area contributed by atoms with Crippen molar-refractivity contribution < 1.29 is 118 Å². The number of nitrogens with one attached hydrogen (secondary N) is 7. The maximum Gasteiger partial charge on any atom is 0.222 e. The molecule has 0 heterocycles. The molecule has 0 aliphatic rings. The number of hydrogen-bond acceptors (Lipinski definition) is 16. The molecule has 0 aliphatic carbocycles. The van der Waals surface area contributed by atoms with Gasteiger partial charge in [-0.1, -0.05) is 6.92 Å². The Hall–Kier alpha value is -2.98. The monoisotopic (exact) mass is 1400 g/mol. The van der Waals surface area contributed by atoms with E-state index >= 15 is 0 Å². The number of amides is 7. The average molecular weight is 1400 g/mol. The normalized spacial score (nSPS) is 10.9. The SMILES string of the molecule is CCC(=O)CCOCC(COCCC([NH-])=O)(COCCC(=O)NC)COCCC(=O)NC.CNC(=O)CCCCOCC(COCCCCC([NH-])=O)(COCCCCC(=O)NC)COCCCCC(=O)NC.[W].[W]. The summed E-state index contributed by atoms with van der Waals surface area (Å²) in [7, 11) is 7.94. The van der Waals surface area contributed by atoms with E-state index in [0.717, 1.165) is 38.5 Å². The van der Waals surface area contributed by atoms with Crippen LogP contribution in [0.5, 0.6) is 0 Å². The third kappa shape index (κ3) is 48.6. The Kier molecular flexibility index (Phi) is 56.0. The van der Waals surface area contributed by atoms with Gasteiger partial charge >= 0.3 is 0 Å². The van der Waals surface area contributed by atoms with Crippen LogP contribution < -0.4 is 26.6 Å². The third-order valence-electron chi connectivity index (χ3n) is 10.8. The zero-order valence-corrected chi connectivity index (χ0v) is 51.0. The molecule has 0 fully saturated rings. The van der Waals surface area contributed by atoms with Crippen LogP contribution in [-0.2, 0) is 118 Å². The smallest absolute Gasteiger partial charge is 0.222 e. The molecule has 0 saturated heterocycles. The van der Waals surface area contributed by atoms with Crippen molar-refractivity contribution in [3.8, 4) is 0 Å². The van der Waals surface area contributed by atoms with Gasteiger partial charge in [-0.3, -0.25) is 28.8 Å². The van der Waals surface area contributed by atoms with E-state index < -0.39 is 22.6 Å². The van der Waals surface area contributed by atoms with Gasteiger partial charge in [-0.05, 0) is 57.8 Å². The molecule has 0 spiro atoms. The number of carbonyl (C=O) groups is 8. The minimum Gasteiger partial charge on any atom is -0.668 e. The van der Waals surface area contributed by atoms with Crippen molar-refractivity contribution in [2.75, 3.05) is 141 Å². The van der Waals surface area contributed by atoms with Gasteiger partial charge in [-0.2, -0.15) is 0 Å². The fourth-order valence-electron chi connectivity index (χ4n) is 6.25. The van der Waals surface area contributed by atoms with E-state index in [1.165, 1.54) is 0 Å². The molecule has 0 aromatic heterocycles. The Bertz CT molecular complexity index is 1360. The number of carbonyl (C=O) groups excluding carboxylic acids is 8. The minimum atomic E-state index is -0.786. The number of ketones is 1. The molecule has 0 unspecified atom stereocenters. The molecule has 74 heavy (non-hydrogen) atoms. The van der Waals surface area contributed by atoms with Crippen LogP contribution in [0.3, 0.4) is 0 Å². The van der Waals surface area contributed by atoms with Crippen molar-refractivity contribution in [2.24, 2.45) is 10.8 Å². The van der Waals surface area contributed by atoms with Gasteiger partial charge in [0.2, 0.25) is 29.5 Å². The van der Waals surface area contributed by atoms with E-state index in [0.29, 0.717) is 91.4 Å². The quantitative estimate of drug-likeness (QED) is 0.0546. The molecule has 0 aromatic carbocycles. The zero-order chi connectivity index (χ0) is 54.1. The van der Waals surface area contributed by atoms with Crippen molar-refractivity contribution in [1.82, 2.24) is 26.6 Å². The molecule has 23 nitrogen and oxygen atoms in total. The summed E-state index contributed by atoms with van der Waals surface area (Å²) >= 11 is 0. The molecular formula is C49H91N7O16W2-2. The Balaban J connectivity index is -0.000000660. The van der Waals surface area contributed by atoms with Crippen LogP contribution in [0.2, 0.25) is 0 Å². The van der Waals surface area contributed by atoms with Gasteiger partial charge in [0.15, 0.2) is 0 Å². The summed E-state index contributed by atoms with van der Waals surface area (Å²) < 4.78 is 46.8. The molecule has 0 atom stereocenters. The minimum absolute atomic E-state index is 0. The van der Waals surface area contributed by atoms with Crippen LogP contribution in [-0.4, -0.2) is 188 Å². The standard InChI is InChI=1S/C28H54N4O8.C21H39N3O8.2W/c1-30-25(34)13-5-9-17-38-21-28(20-37-16-8-4-12-24(29)33,22-39-18-10-6-14-26(35)31-2)23-40-19-11-7-15-27(36)32-3;1-4-17(25)5-9-29-13-21(14-30-10-6-18(22)26,15-31-11-7-19(27)23-2)16-32-12-8-20(28)24-3;;/h4-23H2,1-3H3,(H5,29,30,31,32,33,34,35,36);4-16H2,1-3H3,(H4,22,23,24,26,27,28);;/p-2. The summed E-state index contributed by atoms with van der Waals surface area (Å²) in [5.41, 5.74) is 12.7. The van der Waals surface area contributed by atoms with E-state index in [-0.39, 0.29) is 162 Å². The Morgan fingerprint density at radius 2 is 0.554 bits per heavy atom. The summed E-state index contributed by atoms with van der Waals surface area (Å²) in [4.78, 5) is 90.5. The molecule has 0 aliphatic heterocycles. The first kappa shape index (κ1) is 77.5. The largest absolute Gasteiger partial charge is 0.668 e. The van der Waals surface area contributed by atoms with Crippen molar-refractivity contribution >= 4 is 47.1 Å². The topological polar surface area (TPSA) is 318 Å². The van der Waals surface area contributed by atoms with Gasteiger partial charge in [-0.15, -0.1) is 0 Å². The molecule has 0 rings (SSSR count). The molecule has 432 valence electrons. The maximum atomic E-state index is 11.5. The number of unbranched alkanes of at least 4 members (excludes halogenated alkanes) is 4. The molecule has 7 N–H and O–H groups in total. The second kappa shape index (κ2) is 53.4. The van der Waals surface area contributed by atoms with Gasteiger partial charge in [0, 0.05) is 161 Å². The first-order valence-electron chi connectivity index (χ1n) is 25.2. The number of Topliss-reactive ketones (excluding diaryl/α,β-unsaturated/α-hetero) is 1. The number of hydrogen-bond donors (Lipinski definition) is 5. The predicted molar refractivity (Wildman–Crippen MR) is 270 cm³/mol. The van der Waals surface area contributed by atoms with E-state index in [1.54, 1.807) is 42.2 Å². The second-order valence-corrected chi connectivity index (χ2v) is 17.4. The van der Waals surface area contributed by atoms with Crippen molar-refractivity contribution in [3.05, 3.63) is 11.5 Å². The zero-order valence-electron chi connectivity index (χ0n) is 45.2. The maximum absolute atomic E-state index is 11.5. The van der Waals surface area contributed by atoms with Gasteiger partial charge < -0.3 is 85.5 Å². The van der Waals surface area contributed by atoms with Crippen molar-refractivity contribution in [2.45, 2.75) is 116 Å². The van der Waals surface area contributed by atoms with E-state index in [4.69, 9.17) is 49.4 Å². The molecule has 25 heteroatoms. The Labute approximate surface area is 469 Å². The predicted octanol–water partition coefficient (Wildman–Crippen LogP) is 3.18. The molecule has 0 radical (unpaired) electrons. The van der Waals surface area contributed by atoms with E-state index in [1.807, 2.05) is 0 Å². The number of ether oxygens (including phenoxy) is 8. The fraction of sp³-hybridized carbons (Fsp3) is 0.837. The summed E-state index contributed by atoms with van der Waals surface area (Å²) in [5.74, 6) is -1.51. The first-order valence-corrected chi connectivity index (χ1v) is 25.2. The van der Waals surface area contributed by atoms with Gasteiger partial charge in [0.05, 0.1) is 96.0 Å².